The molecule has 170 valence electrons. The number of fused-ring (bicyclic) bond motifs is 4. The molecule has 0 bridgehead atoms. The number of nitrogens with two attached hydrogens (primary N) is 2. The van der Waals surface area contributed by atoms with Crippen molar-refractivity contribution in [2.75, 3.05) is 5.73 Å². The Kier molecular flexibility index (Phi) is 3.74. The molecular weight excluding hydrogens is 416 g/mol. The molecule has 1 aliphatic heterocycles. The van der Waals surface area contributed by atoms with E-state index in [0.717, 1.165) is 49.0 Å². The molecule has 8 nitrogen and oxygen atoms in total. The molecule has 4 aliphatic rings. The van der Waals surface area contributed by atoms with Crippen molar-refractivity contribution in [2.24, 2.45) is 22.1 Å². The number of aliphatic hydroxyl groups excluding tert-OH is 2. The van der Waals surface area contributed by atoms with Gasteiger partial charge in [0.15, 0.2) is 0 Å². The predicted molar refractivity (Wildman–Crippen MR) is 125 cm³/mol. The monoisotopic (exact) mass is 444 g/mol. The Labute approximate surface area is 191 Å². The first-order chi connectivity index (χ1) is 15.9. The van der Waals surface area contributed by atoms with Crippen LogP contribution in [0.3, 0.4) is 0 Å². The van der Waals surface area contributed by atoms with Crippen molar-refractivity contribution >= 4 is 28.4 Å². The first-order valence-corrected chi connectivity index (χ1v) is 11.9. The van der Waals surface area contributed by atoms with E-state index >= 15 is 0 Å². The molecule has 3 saturated carbocycles. The summed E-state index contributed by atoms with van der Waals surface area (Å²) < 4.78 is 1.98. The van der Waals surface area contributed by atoms with E-state index in [9.17, 15) is 10.2 Å². The zero-order valence-electron chi connectivity index (χ0n) is 18.4. The van der Waals surface area contributed by atoms with E-state index in [1.165, 1.54) is 23.9 Å². The first kappa shape index (κ1) is 19.5. The van der Waals surface area contributed by atoms with Crippen LogP contribution in [0.1, 0.15) is 49.3 Å². The smallest absolute Gasteiger partial charge is 0.145 e. The number of aliphatic hydroxyl groups is 2. The summed E-state index contributed by atoms with van der Waals surface area (Å²) in [6.07, 6.45) is 7.71. The fraction of sp³-hybridized carbons (Fsp3) is 0.480. The van der Waals surface area contributed by atoms with Crippen molar-refractivity contribution in [2.45, 2.75) is 62.2 Å². The van der Waals surface area contributed by atoms with E-state index in [2.05, 4.69) is 33.2 Å². The number of rotatable bonds is 4. The third kappa shape index (κ3) is 2.40. The van der Waals surface area contributed by atoms with Gasteiger partial charge in [-0.3, -0.25) is 0 Å². The molecule has 1 aromatic carbocycles. The second-order valence-electron chi connectivity index (χ2n) is 10.5. The Balaban J connectivity index is 1.14. The highest BCUT2D eigenvalue weighted by Gasteiger charge is 2.70. The van der Waals surface area contributed by atoms with Gasteiger partial charge in [-0.1, -0.05) is 18.6 Å². The van der Waals surface area contributed by atoms with Crippen LogP contribution in [0.25, 0.3) is 11.0 Å². The van der Waals surface area contributed by atoms with Crippen molar-refractivity contribution in [3.63, 3.8) is 0 Å². The molecule has 8 heteroatoms. The van der Waals surface area contributed by atoms with Gasteiger partial charge < -0.3 is 26.2 Å². The third-order valence-corrected chi connectivity index (χ3v) is 9.11. The molecule has 0 radical (unpaired) electrons. The molecule has 3 heterocycles. The summed E-state index contributed by atoms with van der Waals surface area (Å²) in [5.41, 5.74) is 16.2. The van der Waals surface area contributed by atoms with Crippen LogP contribution >= 0.6 is 0 Å². The van der Waals surface area contributed by atoms with Gasteiger partial charge in [0, 0.05) is 11.6 Å². The number of nitrogens with zero attached hydrogens (tertiary/aromatic N) is 4. The summed E-state index contributed by atoms with van der Waals surface area (Å²) in [6, 6.07) is 8.23. The molecule has 0 saturated heterocycles. The van der Waals surface area contributed by atoms with Gasteiger partial charge in [0.25, 0.3) is 0 Å². The SMILES string of the molecule is NC1=Nc2cc(CC[C@]34C[C@@H]3[C@@H](n3ccc5c(N)ncnc53)[C@H](O)[C@@H]4O)ccc2C12CCC2. The Hall–Kier alpha value is -2.97. The Bertz CT molecular complexity index is 1330. The lowest BCUT2D eigenvalue weighted by Gasteiger charge is -2.38. The lowest BCUT2D eigenvalue weighted by atomic mass is 9.64. The summed E-state index contributed by atoms with van der Waals surface area (Å²) in [6.45, 7) is 0. The molecule has 3 aromatic rings. The van der Waals surface area contributed by atoms with Crippen LogP contribution in [0.2, 0.25) is 0 Å². The maximum atomic E-state index is 11.1. The molecule has 7 rings (SSSR count). The van der Waals surface area contributed by atoms with Crippen LogP contribution in [0.15, 0.2) is 41.8 Å². The first-order valence-electron chi connectivity index (χ1n) is 11.9. The minimum atomic E-state index is -0.835. The molecular formula is C25H28N6O2. The van der Waals surface area contributed by atoms with E-state index in [0.29, 0.717) is 11.5 Å². The minimum absolute atomic E-state index is 0.0143. The van der Waals surface area contributed by atoms with Gasteiger partial charge >= 0.3 is 0 Å². The van der Waals surface area contributed by atoms with Crippen LogP contribution < -0.4 is 11.5 Å². The number of aromatic nitrogens is 3. The number of nitrogen functional groups attached to an aromatic ring is 1. The third-order valence-electron chi connectivity index (χ3n) is 9.11. The topological polar surface area (TPSA) is 136 Å². The second-order valence-corrected chi connectivity index (χ2v) is 10.5. The van der Waals surface area contributed by atoms with E-state index < -0.39 is 12.2 Å². The number of anilines is 1. The van der Waals surface area contributed by atoms with Crippen molar-refractivity contribution < 1.29 is 10.2 Å². The lowest BCUT2D eigenvalue weighted by Crippen LogP contribution is -2.44. The Morgan fingerprint density at radius 3 is 2.76 bits per heavy atom. The van der Waals surface area contributed by atoms with E-state index in [-0.39, 0.29) is 22.8 Å². The number of aliphatic imine (C=N–C) groups is 1. The molecule has 3 fully saturated rings. The highest BCUT2D eigenvalue weighted by Crippen LogP contribution is 2.69. The van der Waals surface area contributed by atoms with Gasteiger partial charge in [0.2, 0.25) is 0 Å². The van der Waals surface area contributed by atoms with Gasteiger partial charge in [-0.25, -0.2) is 15.0 Å². The van der Waals surface area contributed by atoms with Crippen LogP contribution in [0.4, 0.5) is 11.5 Å². The quantitative estimate of drug-likeness (QED) is 0.488. The summed E-state index contributed by atoms with van der Waals surface area (Å²) in [5.74, 6) is 1.40. The molecule has 0 amide bonds. The van der Waals surface area contributed by atoms with Crippen LogP contribution in [-0.2, 0) is 11.8 Å². The zero-order chi connectivity index (χ0) is 22.5. The fourth-order valence-corrected chi connectivity index (χ4v) is 6.98. The van der Waals surface area contributed by atoms with Gasteiger partial charge in [-0.05, 0) is 61.3 Å². The van der Waals surface area contributed by atoms with Crippen molar-refractivity contribution in [3.05, 3.63) is 47.9 Å². The number of aryl methyl sites for hydroxylation is 1. The molecule has 5 atom stereocenters. The largest absolute Gasteiger partial charge is 0.390 e. The minimum Gasteiger partial charge on any atom is -0.390 e. The molecule has 33 heavy (non-hydrogen) atoms. The maximum absolute atomic E-state index is 11.1. The van der Waals surface area contributed by atoms with Crippen molar-refractivity contribution in [3.8, 4) is 0 Å². The molecule has 6 N–H and O–H groups in total. The van der Waals surface area contributed by atoms with Gasteiger partial charge in [-0.15, -0.1) is 0 Å². The van der Waals surface area contributed by atoms with E-state index in [4.69, 9.17) is 11.5 Å². The molecule has 3 aliphatic carbocycles. The van der Waals surface area contributed by atoms with Crippen LogP contribution in [0, 0.1) is 11.3 Å². The second kappa shape index (κ2) is 6.33. The van der Waals surface area contributed by atoms with Gasteiger partial charge in [0.1, 0.15) is 29.7 Å². The molecule has 0 unspecified atom stereocenters. The van der Waals surface area contributed by atoms with Crippen LogP contribution in [0.5, 0.6) is 0 Å². The summed E-state index contributed by atoms with van der Waals surface area (Å²) >= 11 is 0. The summed E-state index contributed by atoms with van der Waals surface area (Å²) in [7, 11) is 0. The Morgan fingerprint density at radius 1 is 1.12 bits per heavy atom. The fourth-order valence-electron chi connectivity index (χ4n) is 6.98. The molecule has 2 aromatic heterocycles. The highest BCUT2D eigenvalue weighted by molar-refractivity contribution is 6.00. The number of hydrogen-bond donors (Lipinski definition) is 4. The maximum Gasteiger partial charge on any atom is 0.145 e. The summed E-state index contributed by atoms with van der Waals surface area (Å²) in [4.78, 5) is 13.1. The van der Waals surface area contributed by atoms with E-state index in [1.54, 1.807) is 0 Å². The van der Waals surface area contributed by atoms with Gasteiger partial charge in [0.05, 0.1) is 28.6 Å². The standard InChI is InChI=1S/C25H28N6O2/c26-21-14-5-9-31(22(14)29-12-28-21)18-16-11-25(16,20(33)19(18)32)8-4-13-2-3-15-17(10-13)30-23(27)24(15)6-1-7-24/h2-3,5,9-10,12,16,18-20,32-33H,1,4,6-8,11H2,(H2,27,30)(H2,26,28,29)/t16-,18-,19+,20+,25+/m1/s1. The lowest BCUT2D eigenvalue weighted by molar-refractivity contribution is -0.0191. The van der Waals surface area contributed by atoms with Gasteiger partial charge in [-0.2, -0.15) is 0 Å². The number of benzene rings is 1. The van der Waals surface area contributed by atoms with Crippen LogP contribution in [-0.4, -0.2) is 42.8 Å². The number of amidine groups is 1. The average Bonchev–Trinajstić information content (AvgIpc) is 3.08. The van der Waals surface area contributed by atoms with Crippen molar-refractivity contribution in [1.82, 2.24) is 14.5 Å². The normalized spacial score (nSPS) is 33.1. The highest BCUT2D eigenvalue weighted by atomic mass is 16.3. The van der Waals surface area contributed by atoms with E-state index in [1.807, 2.05) is 16.8 Å². The Morgan fingerprint density at radius 2 is 1.97 bits per heavy atom. The zero-order valence-corrected chi connectivity index (χ0v) is 18.4. The predicted octanol–water partition coefficient (Wildman–Crippen LogP) is 2.35. The average molecular weight is 445 g/mol. The summed E-state index contributed by atoms with van der Waals surface area (Å²) in [5, 5.41) is 22.8. The van der Waals surface area contributed by atoms with Crippen molar-refractivity contribution in [1.29, 1.82) is 0 Å². The number of hydrogen-bond acceptors (Lipinski definition) is 7. The molecule has 1 spiro atoms.